The van der Waals surface area contributed by atoms with Gasteiger partial charge in [0.05, 0.1) is 34.4 Å². The largest absolute Gasteiger partial charge is 0.267 e. The highest BCUT2D eigenvalue weighted by Gasteiger charge is 2.16. The minimum atomic E-state index is 0.602. The molecule has 0 saturated carbocycles. The molecule has 0 spiro atoms. The minimum absolute atomic E-state index is 0.602. The number of nitrogens with zero attached hydrogens (tertiary/aromatic N) is 7. The summed E-state index contributed by atoms with van der Waals surface area (Å²) in [5.74, 6) is 0.751. The number of benzene rings is 1. The van der Waals surface area contributed by atoms with Gasteiger partial charge in [-0.15, -0.1) is 0 Å². The number of hydrogen-bond acceptors (Lipinski definition) is 5. The van der Waals surface area contributed by atoms with Crippen molar-refractivity contribution < 1.29 is 0 Å². The molecule has 0 bridgehead atoms. The van der Waals surface area contributed by atoms with Crippen molar-refractivity contribution in [3.63, 3.8) is 0 Å². The molecule has 1 aromatic carbocycles. The van der Waals surface area contributed by atoms with Gasteiger partial charge in [0.25, 0.3) is 0 Å². The summed E-state index contributed by atoms with van der Waals surface area (Å²) in [5.41, 5.74) is 7.65. The zero-order valence-electron chi connectivity index (χ0n) is 16.9. The van der Waals surface area contributed by atoms with Crippen LogP contribution in [0.4, 0.5) is 0 Å². The van der Waals surface area contributed by atoms with Gasteiger partial charge in [-0.1, -0.05) is 12.1 Å². The fourth-order valence-corrected chi connectivity index (χ4v) is 3.59. The van der Waals surface area contributed by atoms with Crippen LogP contribution in [0.15, 0.2) is 42.7 Å². The van der Waals surface area contributed by atoms with Crippen LogP contribution >= 0.6 is 0 Å². The normalized spacial score (nSPS) is 10.9. The first-order valence-corrected chi connectivity index (χ1v) is 9.34. The number of nitriles is 1. The van der Waals surface area contributed by atoms with Gasteiger partial charge in [0, 0.05) is 30.8 Å². The molecule has 7 heteroatoms. The molecule has 0 amide bonds. The van der Waals surface area contributed by atoms with Gasteiger partial charge in [-0.25, -0.2) is 14.6 Å². The molecule has 0 radical (unpaired) electrons. The van der Waals surface area contributed by atoms with Crippen LogP contribution in [0.5, 0.6) is 0 Å². The fourth-order valence-electron chi connectivity index (χ4n) is 3.59. The van der Waals surface area contributed by atoms with E-state index in [0.29, 0.717) is 12.0 Å². The molecule has 3 heterocycles. The Balaban J connectivity index is 1.66. The lowest BCUT2D eigenvalue weighted by Gasteiger charge is -2.05. The van der Waals surface area contributed by atoms with Crippen molar-refractivity contribution in [1.29, 1.82) is 5.26 Å². The average molecular weight is 383 g/mol. The lowest BCUT2D eigenvalue weighted by atomic mass is 10.0. The fraction of sp³-hybridized carbons (Fsp3) is 0.227. The Bertz CT molecular complexity index is 1220. The van der Waals surface area contributed by atoms with E-state index in [1.165, 1.54) is 0 Å². The Morgan fingerprint density at radius 2 is 1.76 bits per heavy atom. The summed E-state index contributed by atoms with van der Waals surface area (Å²) in [6.07, 6.45) is 2.17. The SMILES string of the molecule is Cc1cc(C)n(-c2cc(Cc3nn(C)c(-c4ccc(C#N)cc4)c3C)ncn2)n1. The van der Waals surface area contributed by atoms with E-state index < -0.39 is 0 Å². The van der Waals surface area contributed by atoms with Crippen LogP contribution < -0.4 is 0 Å². The van der Waals surface area contributed by atoms with Crippen LogP contribution in [0.1, 0.15) is 33.9 Å². The Kier molecular flexibility index (Phi) is 4.69. The molecule has 0 aliphatic heterocycles. The predicted molar refractivity (Wildman–Crippen MR) is 110 cm³/mol. The third-order valence-electron chi connectivity index (χ3n) is 4.95. The average Bonchev–Trinajstić information content (AvgIpc) is 3.19. The summed E-state index contributed by atoms with van der Waals surface area (Å²) in [4.78, 5) is 8.81. The molecule has 0 atom stereocenters. The topological polar surface area (TPSA) is 85.2 Å². The van der Waals surface area contributed by atoms with Crippen molar-refractivity contribution in [2.45, 2.75) is 27.2 Å². The van der Waals surface area contributed by atoms with Crippen LogP contribution in [0.3, 0.4) is 0 Å². The molecular weight excluding hydrogens is 362 g/mol. The molecule has 3 aromatic heterocycles. The highest BCUT2D eigenvalue weighted by molar-refractivity contribution is 5.65. The highest BCUT2D eigenvalue weighted by Crippen LogP contribution is 2.26. The third kappa shape index (κ3) is 3.52. The van der Waals surface area contributed by atoms with Gasteiger partial charge in [0.1, 0.15) is 6.33 Å². The summed E-state index contributed by atoms with van der Waals surface area (Å²) in [7, 11) is 1.94. The van der Waals surface area contributed by atoms with Crippen LogP contribution in [0.2, 0.25) is 0 Å². The lowest BCUT2D eigenvalue weighted by molar-refractivity contribution is 0.751. The van der Waals surface area contributed by atoms with E-state index in [1.807, 2.05) is 66.7 Å². The van der Waals surface area contributed by atoms with Gasteiger partial charge >= 0.3 is 0 Å². The van der Waals surface area contributed by atoms with Gasteiger partial charge in [-0.05, 0) is 44.5 Å². The Morgan fingerprint density at radius 3 is 2.41 bits per heavy atom. The first kappa shape index (κ1) is 18.6. The van der Waals surface area contributed by atoms with Crippen molar-refractivity contribution in [3.05, 3.63) is 76.6 Å². The summed E-state index contributed by atoms with van der Waals surface area (Å²) >= 11 is 0. The maximum absolute atomic E-state index is 9.01. The second-order valence-corrected chi connectivity index (χ2v) is 7.12. The summed E-state index contributed by atoms with van der Waals surface area (Å²) in [5, 5.41) is 18.2. The molecule has 4 aromatic rings. The van der Waals surface area contributed by atoms with Crippen LogP contribution in [-0.4, -0.2) is 29.5 Å². The number of aryl methyl sites for hydroxylation is 3. The van der Waals surface area contributed by atoms with E-state index in [1.54, 1.807) is 6.33 Å². The Hall–Kier alpha value is -3.79. The van der Waals surface area contributed by atoms with Crippen LogP contribution in [-0.2, 0) is 13.5 Å². The molecular formula is C22H21N7. The molecule has 7 nitrogen and oxygen atoms in total. The molecule has 0 aliphatic carbocycles. The van der Waals surface area contributed by atoms with Gasteiger partial charge in [-0.3, -0.25) is 4.68 Å². The molecule has 0 N–H and O–H groups in total. The maximum atomic E-state index is 9.01. The van der Waals surface area contributed by atoms with Crippen molar-refractivity contribution in [1.82, 2.24) is 29.5 Å². The first-order valence-electron chi connectivity index (χ1n) is 9.34. The van der Waals surface area contributed by atoms with Crippen molar-refractivity contribution in [3.8, 4) is 23.1 Å². The highest BCUT2D eigenvalue weighted by atomic mass is 15.3. The third-order valence-corrected chi connectivity index (χ3v) is 4.95. The van der Waals surface area contributed by atoms with Crippen LogP contribution in [0, 0.1) is 32.1 Å². The van der Waals surface area contributed by atoms with E-state index >= 15 is 0 Å². The van der Waals surface area contributed by atoms with E-state index in [9.17, 15) is 0 Å². The second-order valence-electron chi connectivity index (χ2n) is 7.12. The molecule has 144 valence electrons. The number of hydrogen-bond donors (Lipinski definition) is 0. The second kappa shape index (κ2) is 7.32. The predicted octanol–water partition coefficient (Wildman–Crippen LogP) is 3.45. The Labute approximate surface area is 169 Å². The van der Waals surface area contributed by atoms with Gasteiger partial charge < -0.3 is 0 Å². The van der Waals surface area contributed by atoms with E-state index in [2.05, 4.69) is 28.1 Å². The summed E-state index contributed by atoms with van der Waals surface area (Å²) in [6.45, 7) is 6.04. The van der Waals surface area contributed by atoms with E-state index in [4.69, 9.17) is 10.4 Å². The van der Waals surface area contributed by atoms with Crippen molar-refractivity contribution >= 4 is 0 Å². The number of rotatable bonds is 4. The standard InChI is InChI=1S/C22H21N7/c1-14-9-15(2)29(26-14)21-11-19(24-13-25-21)10-20-16(3)22(28(4)27-20)18-7-5-17(12-23)6-8-18/h5-9,11,13H,10H2,1-4H3. The molecule has 0 unspecified atom stereocenters. The van der Waals surface area contributed by atoms with Gasteiger partial charge in [0.15, 0.2) is 5.82 Å². The van der Waals surface area contributed by atoms with Crippen molar-refractivity contribution in [2.75, 3.05) is 0 Å². The zero-order chi connectivity index (χ0) is 20.5. The molecule has 4 rings (SSSR count). The Morgan fingerprint density at radius 1 is 1.00 bits per heavy atom. The molecule has 29 heavy (non-hydrogen) atoms. The number of aromatic nitrogens is 6. The van der Waals surface area contributed by atoms with E-state index in [0.717, 1.165) is 45.4 Å². The minimum Gasteiger partial charge on any atom is -0.267 e. The lowest BCUT2D eigenvalue weighted by Crippen LogP contribution is -2.05. The smallest absolute Gasteiger partial charge is 0.157 e. The van der Waals surface area contributed by atoms with Crippen LogP contribution in [0.25, 0.3) is 17.1 Å². The quantitative estimate of drug-likeness (QED) is 0.539. The molecule has 0 aliphatic rings. The maximum Gasteiger partial charge on any atom is 0.157 e. The van der Waals surface area contributed by atoms with E-state index in [-0.39, 0.29) is 0 Å². The molecule has 0 fully saturated rings. The zero-order valence-corrected chi connectivity index (χ0v) is 16.9. The van der Waals surface area contributed by atoms with Gasteiger partial charge in [0.2, 0.25) is 0 Å². The monoisotopic (exact) mass is 383 g/mol. The summed E-state index contributed by atoms with van der Waals surface area (Å²) < 4.78 is 3.71. The van der Waals surface area contributed by atoms with Gasteiger partial charge in [-0.2, -0.15) is 15.5 Å². The first-order chi connectivity index (χ1) is 14.0. The molecule has 0 saturated heterocycles. The summed E-state index contributed by atoms with van der Waals surface area (Å²) in [6, 6.07) is 13.7. The van der Waals surface area contributed by atoms with Crippen molar-refractivity contribution in [2.24, 2.45) is 7.05 Å².